The monoisotopic (exact) mass is 260 g/mol. The Morgan fingerprint density at radius 1 is 1.21 bits per heavy atom. The lowest BCUT2D eigenvalue weighted by Gasteiger charge is -2.19. The van der Waals surface area contributed by atoms with Crippen LogP contribution in [0.1, 0.15) is 32.2 Å². The summed E-state index contributed by atoms with van der Waals surface area (Å²) in [4.78, 5) is 4.12. The summed E-state index contributed by atoms with van der Waals surface area (Å²) in [6, 6.07) is 1.98. The van der Waals surface area contributed by atoms with E-state index in [1.807, 2.05) is 13.0 Å². The lowest BCUT2D eigenvalue weighted by Crippen LogP contribution is -2.37. The predicted octanol–water partition coefficient (Wildman–Crippen LogP) is 2.37. The van der Waals surface area contributed by atoms with Crippen molar-refractivity contribution in [3.8, 4) is 11.5 Å². The summed E-state index contributed by atoms with van der Waals surface area (Å²) >= 11 is 0. The van der Waals surface area contributed by atoms with Crippen LogP contribution >= 0.6 is 0 Å². The molecule has 0 unspecified atom stereocenters. The van der Waals surface area contributed by atoms with E-state index in [0.717, 1.165) is 24.1 Å². The summed E-state index contributed by atoms with van der Waals surface area (Å²) in [7, 11) is 0. The fraction of sp³-hybridized carbons (Fsp3) is 0.500. The summed E-state index contributed by atoms with van der Waals surface area (Å²) in [5.74, 6) is 1.18. The van der Waals surface area contributed by atoms with Gasteiger partial charge in [0.25, 0.3) is 0 Å². The molecule has 5 nitrogen and oxygen atoms in total. The fourth-order valence-corrected chi connectivity index (χ4v) is 1.69. The maximum atomic E-state index is 5.64. The van der Waals surface area contributed by atoms with Crippen LogP contribution in [-0.2, 0) is 6.42 Å². The van der Waals surface area contributed by atoms with Gasteiger partial charge in [-0.25, -0.2) is 0 Å². The second kappa shape index (κ2) is 5.48. The molecule has 0 amide bonds. The Bertz CT molecular complexity index is 542. The zero-order chi connectivity index (χ0) is 13.9. The predicted molar refractivity (Wildman–Crippen MR) is 73.7 cm³/mol. The number of nitrogens with one attached hydrogen (secondary N) is 1. The Kier molecular flexibility index (Phi) is 3.95. The minimum Gasteiger partial charge on any atom is -0.421 e. The second-order valence-corrected chi connectivity index (χ2v) is 5.68. The van der Waals surface area contributed by atoms with Gasteiger partial charge in [-0.1, -0.05) is 0 Å². The van der Waals surface area contributed by atoms with Crippen LogP contribution in [-0.4, -0.2) is 27.3 Å². The molecular formula is C14H20N4O. The van der Waals surface area contributed by atoms with Gasteiger partial charge < -0.3 is 9.73 Å². The first-order chi connectivity index (χ1) is 8.94. The third-order valence-corrected chi connectivity index (χ3v) is 2.58. The highest BCUT2D eigenvalue weighted by Crippen LogP contribution is 2.17. The molecule has 5 heteroatoms. The Labute approximate surface area is 113 Å². The first kappa shape index (κ1) is 13.7. The minimum absolute atomic E-state index is 0.101. The average molecular weight is 260 g/mol. The van der Waals surface area contributed by atoms with Crippen molar-refractivity contribution in [2.24, 2.45) is 0 Å². The van der Waals surface area contributed by atoms with Gasteiger partial charge in [0.15, 0.2) is 0 Å². The highest BCUT2D eigenvalue weighted by Gasteiger charge is 2.11. The SMILES string of the molecule is Cc1cncc(-c2nnc(CCNC(C)(C)C)o2)c1. The molecule has 0 aliphatic heterocycles. The zero-order valence-electron chi connectivity index (χ0n) is 11.9. The highest BCUT2D eigenvalue weighted by molar-refractivity contribution is 5.51. The van der Waals surface area contributed by atoms with E-state index in [1.54, 1.807) is 12.4 Å². The molecule has 0 aliphatic rings. The van der Waals surface area contributed by atoms with E-state index in [0.29, 0.717) is 11.8 Å². The molecule has 102 valence electrons. The van der Waals surface area contributed by atoms with Gasteiger partial charge in [-0.3, -0.25) is 4.98 Å². The maximum absolute atomic E-state index is 5.64. The van der Waals surface area contributed by atoms with Crippen molar-refractivity contribution in [3.05, 3.63) is 29.9 Å². The number of hydrogen-bond donors (Lipinski definition) is 1. The van der Waals surface area contributed by atoms with Crippen LogP contribution in [0.3, 0.4) is 0 Å². The van der Waals surface area contributed by atoms with Crippen LogP contribution < -0.4 is 5.32 Å². The van der Waals surface area contributed by atoms with Crippen LogP contribution in [0.4, 0.5) is 0 Å². The molecule has 19 heavy (non-hydrogen) atoms. The average Bonchev–Trinajstić information content (AvgIpc) is 2.76. The van der Waals surface area contributed by atoms with Crippen LogP contribution in [0.2, 0.25) is 0 Å². The van der Waals surface area contributed by atoms with E-state index in [2.05, 4.69) is 41.3 Å². The summed E-state index contributed by atoms with van der Waals surface area (Å²) < 4.78 is 5.64. The molecule has 0 fully saturated rings. The summed E-state index contributed by atoms with van der Waals surface area (Å²) in [6.07, 6.45) is 4.26. The second-order valence-electron chi connectivity index (χ2n) is 5.68. The van der Waals surface area contributed by atoms with Gasteiger partial charge in [0.2, 0.25) is 11.8 Å². The maximum Gasteiger partial charge on any atom is 0.249 e. The molecule has 0 aromatic carbocycles. The zero-order valence-corrected chi connectivity index (χ0v) is 11.9. The minimum atomic E-state index is 0.101. The smallest absolute Gasteiger partial charge is 0.249 e. The first-order valence-electron chi connectivity index (χ1n) is 6.43. The largest absolute Gasteiger partial charge is 0.421 e. The normalized spacial score (nSPS) is 11.8. The molecule has 0 bridgehead atoms. The molecule has 1 N–H and O–H groups in total. The molecule has 0 atom stereocenters. The van der Waals surface area contributed by atoms with Crippen LogP contribution in [0, 0.1) is 6.92 Å². The van der Waals surface area contributed by atoms with Crippen LogP contribution in [0.25, 0.3) is 11.5 Å². The molecular weight excluding hydrogens is 240 g/mol. The Morgan fingerprint density at radius 3 is 2.68 bits per heavy atom. The molecule has 0 saturated heterocycles. The summed E-state index contributed by atoms with van der Waals surface area (Å²) in [5.41, 5.74) is 2.04. The van der Waals surface area contributed by atoms with Gasteiger partial charge in [-0.15, -0.1) is 10.2 Å². The first-order valence-corrected chi connectivity index (χ1v) is 6.43. The third kappa shape index (κ3) is 4.13. The molecule has 0 radical (unpaired) electrons. The van der Waals surface area contributed by atoms with Gasteiger partial charge in [-0.05, 0) is 39.3 Å². The molecule has 2 rings (SSSR count). The molecule has 2 aromatic heterocycles. The lowest BCUT2D eigenvalue weighted by atomic mass is 10.1. The van der Waals surface area contributed by atoms with E-state index in [1.165, 1.54) is 0 Å². The third-order valence-electron chi connectivity index (χ3n) is 2.58. The van der Waals surface area contributed by atoms with E-state index < -0.39 is 0 Å². The van der Waals surface area contributed by atoms with Crippen molar-refractivity contribution >= 4 is 0 Å². The number of hydrogen-bond acceptors (Lipinski definition) is 5. The lowest BCUT2D eigenvalue weighted by molar-refractivity contribution is 0.412. The Hall–Kier alpha value is -1.75. The van der Waals surface area contributed by atoms with Gasteiger partial charge in [0.05, 0.1) is 5.56 Å². The number of aromatic nitrogens is 3. The van der Waals surface area contributed by atoms with Gasteiger partial charge in [-0.2, -0.15) is 0 Å². The van der Waals surface area contributed by atoms with Gasteiger partial charge in [0, 0.05) is 30.9 Å². The van der Waals surface area contributed by atoms with Crippen molar-refractivity contribution in [1.29, 1.82) is 0 Å². The van der Waals surface area contributed by atoms with E-state index in [4.69, 9.17) is 4.42 Å². The quantitative estimate of drug-likeness (QED) is 0.914. The summed E-state index contributed by atoms with van der Waals surface area (Å²) in [6.45, 7) is 9.19. The van der Waals surface area contributed by atoms with Crippen LogP contribution in [0.15, 0.2) is 22.9 Å². The van der Waals surface area contributed by atoms with Crippen molar-refractivity contribution in [2.75, 3.05) is 6.54 Å². The van der Waals surface area contributed by atoms with E-state index in [9.17, 15) is 0 Å². The Morgan fingerprint density at radius 2 is 2.00 bits per heavy atom. The van der Waals surface area contributed by atoms with Gasteiger partial charge >= 0.3 is 0 Å². The molecule has 0 saturated carbocycles. The van der Waals surface area contributed by atoms with Crippen molar-refractivity contribution in [3.63, 3.8) is 0 Å². The van der Waals surface area contributed by atoms with Crippen molar-refractivity contribution < 1.29 is 4.42 Å². The topological polar surface area (TPSA) is 63.8 Å². The molecule has 2 heterocycles. The van der Waals surface area contributed by atoms with E-state index in [-0.39, 0.29) is 5.54 Å². The van der Waals surface area contributed by atoms with E-state index >= 15 is 0 Å². The number of aryl methyl sites for hydroxylation is 1. The number of pyridine rings is 1. The number of nitrogens with zero attached hydrogens (tertiary/aromatic N) is 3. The summed E-state index contributed by atoms with van der Waals surface area (Å²) in [5, 5.41) is 11.5. The molecule has 2 aromatic rings. The fourth-order valence-electron chi connectivity index (χ4n) is 1.69. The standard InChI is InChI=1S/C14H20N4O/c1-10-7-11(9-15-8-10)13-18-17-12(19-13)5-6-16-14(2,3)4/h7-9,16H,5-6H2,1-4H3. The molecule has 0 aliphatic carbocycles. The van der Waals surface area contributed by atoms with Crippen LogP contribution in [0.5, 0.6) is 0 Å². The number of rotatable bonds is 4. The van der Waals surface area contributed by atoms with Gasteiger partial charge in [0.1, 0.15) is 0 Å². The van der Waals surface area contributed by atoms with Crippen molar-refractivity contribution in [1.82, 2.24) is 20.5 Å². The molecule has 0 spiro atoms. The Balaban J connectivity index is 1.99. The highest BCUT2D eigenvalue weighted by atomic mass is 16.4. The van der Waals surface area contributed by atoms with Crippen molar-refractivity contribution in [2.45, 2.75) is 39.7 Å².